The van der Waals surface area contributed by atoms with E-state index in [0.717, 1.165) is 0 Å². The average molecular weight is 370 g/mol. The number of anilines is 1. The molecule has 0 spiro atoms. The third-order valence-corrected chi connectivity index (χ3v) is 4.81. The van der Waals surface area contributed by atoms with Gasteiger partial charge in [0.15, 0.2) is 11.5 Å². The number of hydrogen-bond acceptors (Lipinski definition) is 4. The van der Waals surface area contributed by atoms with Gasteiger partial charge in [-0.3, -0.25) is 9.59 Å². The Bertz CT molecular complexity index is 895. The van der Waals surface area contributed by atoms with Crippen LogP contribution in [0.15, 0.2) is 42.5 Å². The summed E-state index contributed by atoms with van der Waals surface area (Å²) in [7, 11) is 0. The van der Waals surface area contributed by atoms with E-state index in [2.05, 4.69) is 10.6 Å². The van der Waals surface area contributed by atoms with Crippen LogP contribution in [0.2, 0.25) is 0 Å². The zero-order valence-corrected chi connectivity index (χ0v) is 14.6. The minimum atomic E-state index is -0.859. The first kappa shape index (κ1) is 17.3. The van der Waals surface area contributed by atoms with E-state index < -0.39 is 11.2 Å². The lowest BCUT2D eigenvalue weighted by molar-refractivity contribution is -0.126. The van der Waals surface area contributed by atoms with Crippen molar-refractivity contribution < 1.29 is 23.5 Å². The molecule has 0 saturated heterocycles. The van der Waals surface area contributed by atoms with E-state index in [0.29, 0.717) is 48.8 Å². The van der Waals surface area contributed by atoms with E-state index in [1.807, 2.05) is 0 Å². The normalized spacial score (nSPS) is 16.3. The van der Waals surface area contributed by atoms with Crippen molar-refractivity contribution in [1.29, 1.82) is 0 Å². The van der Waals surface area contributed by atoms with Crippen LogP contribution < -0.4 is 20.1 Å². The maximum atomic E-state index is 14.0. The van der Waals surface area contributed by atoms with Gasteiger partial charge in [0.2, 0.25) is 11.8 Å². The molecule has 1 fully saturated rings. The molecule has 1 saturated carbocycles. The number of ether oxygens (including phenoxy) is 2. The number of halogens is 1. The first-order chi connectivity index (χ1) is 13.1. The highest BCUT2D eigenvalue weighted by molar-refractivity contribution is 5.98. The largest absolute Gasteiger partial charge is 0.486 e. The summed E-state index contributed by atoms with van der Waals surface area (Å²) in [6, 6.07) is 11.4. The monoisotopic (exact) mass is 370 g/mol. The van der Waals surface area contributed by atoms with Gasteiger partial charge in [0.05, 0.1) is 12.0 Å². The van der Waals surface area contributed by atoms with E-state index in [1.54, 1.807) is 36.4 Å². The molecular formula is C20H19FN2O4. The molecule has 2 aliphatic rings. The molecule has 2 amide bonds. The number of rotatable bonds is 5. The summed E-state index contributed by atoms with van der Waals surface area (Å²) in [4.78, 5) is 24.7. The van der Waals surface area contributed by atoms with E-state index in [1.165, 1.54) is 6.07 Å². The molecule has 0 atom stereocenters. The third-order valence-electron chi connectivity index (χ3n) is 4.81. The minimum Gasteiger partial charge on any atom is -0.486 e. The van der Waals surface area contributed by atoms with Crippen molar-refractivity contribution in [1.82, 2.24) is 5.32 Å². The van der Waals surface area contributed by atoms with Crippen molar-refractivity contribution >= 4 is 17.5 Å². The number of carbonyl (C=O) groups is 2. The second kappa shape index (κ2) is 6.90. The van der Waals surface area contributed by atoms with Gasteiger partial charge in [-0.1, -0.05) is 18.2 Å². The summed E-state index contributed by atoms with van der Waals surface area (Å²) in [6.07, 6.45) is 1.15. The first-order valence-electron chi connectivity index (χ1n) is 8.81. The lowest BCUT2D eigenvalue weighted by atomic mass is 9.94. The van der Waals surface area contributed by atoms with Crippen molar-refractivity contribution in [2.75, 3.05) is 25.1 Å². The summed E-state index contributed by atoms with van der Waals surface area (Å²) in [5, 5.41) is 5.33. The van der Waals surface area contributed by atoms with Crippen LogP contribution >= 0.6 is 0 Å². The number of amides is 2. The van der Waals surface area contributed by atoms with Gasteiger partial charge in [0.25, 0.3) is 0 Å². The molecule has 2 N–H and O–H groups in total. The van der Waals surface area contributed by atoms with Crippen LogP contribution in [0.5, 0.6) is 11.5 Å². The summed E-state index contributed by atoms with van der Waals surface area (Å²) in [5.41, 5.74) is 0.0753. The molecule has 7 heteroatoms. The topological polar surface area (TPSA) is 76.7 Å². The number of carbonyl (C=O) groups excluding carboxylic acids is 2. The van der Waals surface area contributed by atoms with Gasteiger partial charge >= 0.3 is 0 Å². The zero-order valence-electron chi connectivity index (χ0n) is 14.6. The van der Waals surface area contributed by atoms with Crippen LogP contribution in [0.1, 0.15) is 18.4 Å². The number of hydrogen-bond donors (Lipinski definition) is 2. The molecule has 6 nitrogen and oxygen atoms in total. The fourth-order valence-electron chi connectivity index (χ4n) is 3.25. The molecule has 27 heavy (non-hydrogen) atoms. The van der Waals surface area contributed by atoms with Crippen LogP contribution in [0.4, 0.5) is 10.1 Å². The van der Waals surface area contributed by atoms with Crippen LogP contribution in [-0.4, -0.2) is 31.6 Å². The molecule has 0 unspecified atom stereocenters. The fourth-order valence-corrected chi connectivity index (χ4v) is 3.25. The molecule has 4 rings (SSSR count). The molecule has 140 valence electrons. The third kappa shape index (κ3) is 3.45. The summed E-state index contributed by atoms with van der Waals surface area (Å²) in [6.45, 7) is 0.760. The Hall–Kier alpha value is -3.09. The SMILES string of the molecule is O=C(CNC(=O)C1(c2ccccc2F)CC1)Nc1ccc2c(c1)OCCO2. The van der Waals surface area contributed by atoms with Gasteiger partial charge < -0.3 is 20.1 Å². The minimum absolute atomic E-state index is 0.191. The highest BCUT2D eigenvalue weighted by Crippen LogP contribution is 2.49. The van der Waals surface area contributed by atoms with Crippen LogP contribution in [0, 0.1) is 5.82 Å². The smallest absolute Gasteiger partial charge is 0.243 e. The fraction of sp³-hybridized carbons (Fsp3) is 0.300. The summed E-state index contributed by atoms with van der Waals surface area (Å²) >= 11 is 0. The molecule has 2 aromatic rings. The predicted molar refractivity (Wildman–Crippen MR) is 96.4 cm³/mol. The Balaban J connectivity index is 1.36. The van der Waals surface area contributed by atoms with E-state index >= 15 is 0 Å². The molecule has 1 heterocycles. The van der Waals surface area contributed by atoms with Gasteiger partial charge in [-0.05, 0) is 31.0 Å². The Morgan fingerprint density at radius 1 is 1.04 bits per heavy atom. The van der Waals surface area contributed by atoms with Crippen molar-refractivity contribution in [3.63, 3.8) is 0 Å². The van der Waals surface area contributed by atoms with Gasteiger partial charge in [0.1, 0.15) is 19.0 Å². The van der Waals surface area contributed by atoms with E-state index in [-0.39, 0.29) is 18.4 Å². The maximum absolute atomic E-state index is 14.0. The quantitative estimate of drug-likeness (QED) is 0.847. The Morgan fingerprint density at radius 2 is 1.78 bits per heavy atom. The Morgan fingerprint density at radius 3 is 2.52 bits per heavy atom. The predicted octanol–water partition coefficient (Wildman–Crippen LogP) is 2.38. The van der Waals surface area contributed by atoms with Gasteiger partial charge in [0, 0.05) is 17.3 Å². The molecule has 0 radical (unpaired) electrons. The van der Waals surface area contributed by atoms with Crippen LogP contribution in [0.25, 0.3) is 0 Å². The number of benzene rings is 2. The maximum Gasteiger partial charge on any atom is 0.243 e. The van der Waals surface area contributed by atoms with E-state index in [9.17, 15) is 14.0 Å². The highest BCUT2D eigenvalue weighted by Gasteiger charge is 2.52. The molecular weight excluding hydrogens is 351 g/mol. The van der Waals surface area contributed by atoms with Crippen molar-refractivity contribution in [2.45, 2.75) is 18.3 Å². The lowest BCUT2D eigenvalue weighted by Crippen LogP contribution is -2.39. The Kier molecular flexibility index (Phi) is 4.43. The van der Waals surface area contributed by atoms with E-state index in [4.69, 9.17) is 9.47 Å². The molecule has 0 bridgehead atoms. The molecule has 1 aliphatic heterocycles. The van der Waals surface area contributed by atoms with Crippen LogP contribution in [0.3, 0.4) is 0 Å². The number of nitrogens with one attached hydrogen (secondary N) is 2. The van der Waals surface area contributed by atoms with Gasteiger partial charge in [-0.25, -0.2) is 4.39 Å². The second-order valence-corrected chi connectivity index (χ2v) is 6.65. The molecule has 0 aromatic heterocycles. The second-order valence-electron chi connectivity index (χ2n) is 6.65. The average Bonchev–Trinajstić information content (AvgIpc) is 3.48. The standard InChI is InChI=1S/C20H19FN2O4/c21-15-4-2-1-3-14(15)20(7-8-20)19(25)22-12-18(24)23-13-5-6-16-17(11-13)27-10-9-26-16/h1-6,11H,7-10,12H2,(H,22,25)(H,23,24). The van der Waals surface area contributed by atoms with Crippen molar-refractivity contribution in [2.24, 2.45) is 0 Å². The Labute approximate surface area is 155 Å². The zero-order chi connectivity index (χ0) is 18.9. The summed E-state index contributed by atoms with van der Waals surface area (Å²) < 4.78 is 24.9. The van der Waals surface area contributed by atoms with Gasteiger partial charge in [-0.15, -0.1) is 0 Å². The molecule has 1 aliphatic carbocycles. The van der Waals surface area contributed by atoms with Crippen molar-refractivity contribution in [3.05, 3.63) is 53.8 Å². The van der Waals surface area contributed by atoms with Crippen LogP contribution in [-0.2, 0) is 15.0 Å². The van der Waals surface area contributed by atoms with Crippen molar-refractivity contribution in [3.8, 4) is 11.5 Å². The number of fused-ring (bicyclic) bond motifs is 1. The first-order valence-corrected chi connectivity index (χ1v) is 8.81. The molecule has 2 aromatic carbocycles. The lowest BCUT2D eigenvalue weighted by Gasteiger charge is -2.19. The summed E-state index contributed by atoms with van der Waals surface area (Å²) in [5.74, 6) is 0.104. The highest BCUT2D eigenvalue weighted by atomic mass is 19.1. The van der Waals surface area contributed by atoms with Gasteiger partial charge in [-0.2, -0.15) is 0 Å².